The Morgan fingerprint density at radius 3 is 2.20 bits per heavy atom. The molecule has 0 spiro atoms. The van der Waals surface area contributed by atoms with Crippen LogP contribution < -0.4 is 5.32 Å². The summed E-state index contributed by atoms with van der Waals surface area (Å²) in [5, 5.41) is 4.59. The molecule has 2 aromatic rings. The third-order valence-electron chi connectivity index (χ3n) is 2.60. The molecule has 0 aliphatic rings. The van der Waals surface area contributed by atoms with Crippen molar-refractivity contribution in [3.63, 3.8) is 0 Å². The van der Waals surface area contributed by atoms with Crippen LogP contribution in [0.15, 0.2) is 34.7 Å². The molecule has 5 heteroatoms. The first-order valence-electron chi connectivity index (χ1n) is 6.14. The van der Waals surface area contributed by atoms with E-state index in [-0.39, 0.29) is 17.9 Å². The first-order chi connectivity index (χ1) is 8.83. The first kappa shape index (κ1) is 17.4. The van der Waals surface area contributed by atoms with Crippen LogP contribution >= 0.6 is 35.6 Å². The van der Waals surface area contributed by atoms with Crippen LogP contribution in [0.5, 0.6) is 0 Å². The molecule has 0 unspecified atom stereocenters. The Morgan fingerprint density at radius 1 is 1.05 bits per heavy atom. The van der Waals surface area contributed by atoms with Crippen LogP contribution in [0.25, 0.3) is 11.3 Å². The standard InChI is InChI=1S/C15H17Cl2NO.ClH/c1-15(2,3)18-9-13-4-5-14(19-13)10-6-11(16)8-12(17)7-10;/h4-8,18H,9H2,1-3H3;1H. The smallest absolute Gasteiger partial charge is 0.134 e. The van der Waals surface area contributed by atoms with Gasteiger partial charge in [0.25, 0.3) is 0 Å². The van der Waals surface area contributed by atoms with Crippen LogP contribution in [-0.4, -0.2) is 5.54 Å². The Labute approximate surface area is 135 Å². The number of hydrogen-bond acceptors (Lipinski definition) is 2. The minimum atomic E-state index is 0. The monoisotopic (exact) mass is 333 g/mol. The van der Waals surface area contributed by atoms with Crippen molar-refractivity contribution in [1.82, 2.24) is 5.32 Å². The SMILES string of the molecule is CC(C)(C)NCc1ccc(-c2cc(Cl)cc(Cl)c2)o1.Cl. The summed E-state index contributed by atoms with van der Waals surface area (Å²) in [7, 11) is 0. The van der Waals surface area contributed by atoms with Gasteiger partial charge in [0.1, 0.15) is 11.5 Å². The number of rotatable bonds is 3. The van der Waals surface area contributed by atoms with E-state index in [1.165, 1.54) is 0 Å². The predicted octanol–water partition coefficient (Wildman–Crippen LogP) is 5.56. The normalized spacial score (nSPS) is 11.2. The summed E-state index contributed by atoms with van der Waals surface area (Å²) in [5.41, 5.74) is 0.950. The maximum Gasteiger partial charge on any atom is 0.134 e. The fourth-order valence-corrected chi connectivity index (χ4v) is 2.20. The zero-order valence-corrected chi connectivity index (χ0v) is 14.0. The summed E-state index contributed by atoms with van der Waals surface area (Å²) in [6.07, 6.45) is 0. The van der Waals surface area contributed by atoms with Crippen LogP contribution in [0.1, 0.15) is 26.5 Å². The average molecular weight is 335 g/mol. The predicted molar refractivity (Wildman–Crippen MR) is 88.0 cm³/mol. The molecule has 0 aliphatic carbocycles. The molecule has 0 radical (unpaired) electrons. The second-order valence-electron chi connectivity index (χ2n) is 5.53. The second kappa shape index (κ2) is 6.86. The zero-order valence-electron chi connectivity index (χ0n) is 11.7. The van der Waals surface area contributed by atoms with E-state index in [0.29, 0.717) is 16.6 Å². The highest BCUT2D eigenvalue weighted by Gasteiger charge is 2.11. The van der Waals surface area contributed by atoms with Crippen molar-refractivity contribution < 1.29 is 4.42 Å². The number of benzene rings is 1. The Bertz CT molecular complexity index is 552. The topological polar surface area (TPSA) is 25.2 Å². The third-order valence-corrected chi connectivity index (χ3v) is 3.04. The molecular formula is C15H18Cl3NO. The van der Waals surface area contributed by atoms with Crippen LogP contribution in [0.2, 0.25) is 10.0 Å². The number of nitrogens with one attached hydrogen (secondary N) is 1. The van der Waals surface area contributed by atoms with E-state index in [4.69, 9.17) is 27.6 Å². The molecule has 0 saturated heterocycles. The molecule has 0 amide bonds. The van der Waals surface area contributed by atoms with Crippen molar-refractivity contribution >= 4 is 35.6 Å². The quantitative estimate of drug-likeness (QED) is 0.794. The lowest BCUT2D eigenvalue weighted by Crippen LogP contribution is -2.34. The van der Waals surface area contributed by atoms with E-state index in [1.54, 1.807) is 6.07 Å². The van der Waals surface area contributed by atoms with Gasteiger partial charge < -0.3 is 9.73 Å². The van der Waals surface area contributed by atoms with Gasteiger partial charge in [-0.1, -0.05) is 23.2 Å². The summed E-state index contributed by atoms with van der Waals surface area (Å²) in [4.78, 5) is 0. The van der Waals surface area contributed by atoms with Gasteiger partial charge in [-0.3, -0.25) is 0 Å². The Kier molecular flexibility index (Phi) is 5.96. The highest BCUT2D eigenvalue weighted by Crippen LogP contribution is 2.28. The van der Waals surface area contributed by atoms with Gasteiger partial charge in [-0.05, 0) is 51.1 Å². The van der Waals surface area contributed by atoms with E-state index in [1.807, 2.05) is 24.3 Å². The van der Waals surface area contributed by atoms with Gasteiger partial charge in [0.2, 0.25) is 0 Å². The molecule has 20 heavy (non-hydrogen) atoms. The maximum atomic E-state index is 5.99. The second-order valence-corrected chi connectivity index (χ2v) is 6.40. The van der Waals surface area contributed by atoms with Gasteiger partial charge in [0, 0.05) is 21.1 Å². The Morgan fingerprint density at radius 2 is 1.65 bits per heavy atom. The van der Waals surface area contributed by atoms with Gasteiger partial charge in [-0.25, -0.2) is 0 Å². The van der Waals surface area contributed by atoms with Crippen molar-refractivity contribution in [2.24, 2.45) is 0 Å². The summed E-state index contributed by atoms with van der Waals surface area (Å²) in [6, 6.07) is 9.28. The summed E-state index contributed by atoms with van der Waals surface area (Å²) in [5.74, 6) is 1.66. The number of halogens is 3. The lowest BCUT2D eigenvalue weighted by molar-refractivity contribution is 0.391. The molecule has 2 nitrogen and oxygen atoms in total. The molecule has 0 fully saturated rings. The van der Waals surface area contributed by atoms with E-state index in [0.717, 1.165) is 17.1 Å². The number of furan rings is 1. The molecule has 0 bridgehead atoms. The minimum Gasteiger partial charge on any atom is -0.460 e. The van der Waals surface area contributed by atoms with Crippen molar-refractivity contribution in [1.29, 1.82) is 0 Å². The van der Waals surface area contributed by atoms with Crippen molar-refractivity contribution in [2.75, 3.05) is 0 Å². The minimum absolute atomic E-state index is 0. The van der Waals surface area contributed by atoms with Crippen molar-refractivity contribution in [3.05, 3.63) is 46.1 Å². The molecule has 1 aromatic heterocycles. The van der Waals surface area contributed by atoms with Crippen molar-refractivity contribution in [3.8, 4) is 11.3 Å². The van der Waals surface area contributed by atoms with Gasteiger partial charge >= 0.3 is 0 Å². The lowest BCUT2D eigenvalue weighted by Gasteiger charge is -2.19. The molecule has 110 valence electrons. The highest BCUT2D eigenvalue weighted by atomic mass is 35.5. The van der Waals surface area contributed by atoms with Gasteiger partial charge in [0.05, 0.1) is 6.54 Å². The number of hydrogen-bond donors (Lipinski definition) is 1. The first-order valence-corrected chi connectivity index (χ1v) is 6.89. The summed E-state index contributed by atoms with van der Waals surface area (Å²) >= 11 is 12.0. The molecule has 0 atom stereocenters. The molecule has 1 aromatic carbocycles. The molecular weight excluding hydrogens is 317 g/mol. The van der Waals surface area contributed by atoms with Crippen molar-refractivity contribution in [2.45, 2.75) is 32.9 Å². The zero-order chi connectivity index (χ0) is 14.0. The Hall–Kier alpha value is -0.670. The van der Waals surface area contributed by atoms with Gasteiger partial charge in [0.15, 0.2) is 0 Å². The van der Waals surface area contributed by atoms with E-state index in [9.17, 15) is 0 Å². The van der Waals surface area contributed by atoms with E-state index in [2.05, 4.69) is 26.1 Å². The Balaban J connectivity index is 0.00000200. The van der Waals surface area contributed by atoms with Crippen LogP contribution in [0.3, 0.4) is 0 Å². The average Bonchev–Trinajstić information content (AvgIpc) is 2.72. The van der Waals surface area contributed by atoms with Crippen LogP contribution in [0.4, 0.5) is 0 Å². The molecule has 0 aliphatic heterocycles. The summed E-state index contributed by atoms with van der Waals surface area (Å²) in [6.45, 7) is 7.05. The maximum absolute atomic E-state index is 5.99. The van der Waals surface area contributed by atoms with Gasteiger partial charge in [-0.15, -0.1) is 12.4 Å². The molecule has 1 N–H and O–H groups in total. The van der Waals surface area contributed by atoms with E-state index < -0.39 is 0 Å². The fourth-order valence-electron chi connectivity index (χ4n) is 1.68. The van der Waals surface area contributed by atoms with Crippen LogP contribution in [-0.2, 0) is 6.54 Å². The lowest BCUT2D eigenvalue weighted by atomic mass is 10.1. The van der Waals surface area contributed by atoms with Gasteiger partial charge in [-0.2, -0.15) is 0 Å². The molecule has 2 rings (SSSR count). The fraction of sp³-hybridized carbons (Fsp3) is 0.333. The highest BCUT2D eigenvalue weighted by molar-refractivity contribution is 6.35. The third kappa shape index (κ3) is 5.02. The largest absolute Gasteiger partial charge is 0.460 e. The van der Waals surface area contributed by atoms with Crippen LogP contribution in [0, 0.1) is 0 Å². The van der Waals surface area contributed by atoms with E-state index >= 15 is 0 Å². The summed E-state index contributed by atoms with van der Waals surface area (Å²) < 4.78 is 5.80. The molecule has 0 saturated carbocycles. The molecule has 1 heterocycles.